The van der Waals surface area contributed by atoms with Crippen LogP contribution in [0.15, 0.2) is 18.2 Å². The molecule has 3 N–H and O–H groups in total. The summed E-state index contributed by atoms with van der Waals surface area (Å²) in [5.41, 5.74) is 3.45. The van der Waals surface area contributed by atoms with E-state index < -0.39 is 0 Å². The zero-order valence-electron chi connectivity index (χ0n) is 10.9. The van der Waals surface area contributed by atoms with Gasteiger partial charge in [-0.2, -0.15) is 0 Å². The Kier molecular flexibility index (Phi) is 3.66. The van der Waals surface area contributed by atoms with Gasteiger partial charge in [0.15, 0.2) is 0 Å². The van der Waals surface area contributed by atoms with E-state index >= 15 is 0 Å². The van der Waals surface area contributed by atoms with Crippen LogP contribution in [0.4, 0.5) is 10.5 Å². The number of hydrogen-bond donors (Lipinski definition) is 3. The number of carbonyl (C=O) groups excluding carboxylic acids is 1. The van der Waals surface area contributed by atoms with Gasteiger partial charge in [0.05, 0.1) is 12.6 Å². The van der Waals surface area contributed by atoms with Gasteiger partial charge in [0.1, 0.15) is 0 Å². The van der Waals surface area contributed by atoms with Crippen molar-refractivity contribution in [3.8, 4) is 0 Å². The van der Waals surface area contributed by atoms with Crippen LogP contribution in [0.5, 0.6) is 0 Å². The number of amides is 2. The molecular formula is C14H19N3O2. The molecule has 1 aromatic carbocycles. The molecule has 1 unspecified atom stereocenters. The van der Waals surface area contributed by atoms with Gasteiger partial charge in [-0.05, 0) is 36.6 Å². The maximum atomic E-state index is 12.0. The second-order valence-electron chi connectivity index (χ2n) is 5.03. The molecule has 1 aromatic rings. The second-order valence-corrected chi connectivity index (χ2v) is 5.03. The Morgan fingerprint density at radius 2 is 2.37 bits per heavy atom. The number of fused-ring (bicyclic) bond motifs is 1. The van der Waals surface area contributed by atoms with Crippen molar-refractivity contribution in [2.45, 2.75) is 25.4 Å². The predicted octanol–water partition coefficient (Wildman–Crippen LogP) is 1.24. The Labute approximate surface area is 112 Å². The van der Waals surface area contributed by atoms with Crippen LogP contribution >= 0.6 is 0 Å². The first-order chi connectivity index (χ1) is 9.33. The van der Waals surface area contributed by atoms with Gasteiger partial charge in [-0.15, -0.1) is 0 Å². The van der Waals surface area contributed by atoms with Crippen molar-refractivity contribution in [1.82, 2.24) is 10.6 Å². The number of ether oxygens (including phenoxy) is 1. The summed E-state index contributed by atoms with van der Waals surface area (Å²) in [6.07, 6.45) is 1.85. The molecule has 0 aromatic heterocycles. The molecule has 0 bridgehead atoms. The average molecular weight is 261 g/mol. The van der Waals surface area contributed by atoms with Crippen LogP contribution in [-0.4, -0.2) is 31.8 Å². The third-order valence-corrected chi connectivity index (χ3v) is 3.65. The van der Waals surface area contributed by atoms with Gasteiger partial charge in [0.25, 0.3) is 0 Å². The average Bonchev–Trinajstić information content (AvgIpc) is 2.92. The van der Waals surface area contributed by atoms with E-state index in [-0.39, 0.29) is 12.1 Å². The van der Waals surface area contributed by atoms with E-state index in [1.165, 1.54) is 11.1 Å². The van der Waals surface area contributed by atoms with Crippen molar-refractivity contribution >= 4 is 11.7 Å². The van der Waals surface area contributed by atoms with Crippen molar-refractivity contribution in [2.24, 2.45) is 0 Å². The zero-order chi connectivity index (χ0) is 13.1. The summed E-state index contributed by atoms with van der Waals surface area (Å²) in [6, 6.07) is 6.06. The third kappa shape index (κ3) is 2.88. The van der Waals surface area contributed by atoms with Gasteiger partial charge in [-0.25, -0.2) is 4.79 Å². The Bertz CT molecular complexity index is 470. The van der Waals surface area contributed by atoms with E-state index in [1.807, 2.05) is 12.1 Å². The Hall–Kier alpha value is -1.59. The molecule has 3 rings (SSSR count). The highest BCUT2D eigenvalue weighted by Gasteiger charge is 2.19. The number of benzene rings is 1. The summed E-state index contributed by atoms with van der Waals surface area (Å²) in [4.78, 5) is 12.0. The molecule has 0 spiro atoms. The summed E-state index contributed by atoms with van der Waals surface area (Å²) >= 11 is 0. The van der Waals surface area contributed by atoms with Crippen LogP contribution in [0, 0.1) is 0 Å². The van der Waals surface area contributed by atoms with Crippen LogP contribution in [0.2, 0.25) is 0 Å². The molecule has 0 saturated carbocycles. The van der Waals surface area contributed by atoms with Crippen molar-refractivity contribution in [3.05, 3.63) is 29.3 Å². The monoisotopic (exact) mass is 261 g/mol. The summed E-state index contributed by atoms with van der Waals surface area (Å²) in [6.45, 7) is 3.19. The highest BCUT2D eigenvalue weighted by molar-refractivity contribution is 5.90. The molecule has 1 atom stereocenters. The third-order valence-electron chi connectivity index (χ3n) is 3.65. The van der Waals surface area contributed by atoms with Gasteiger partial charge in [0, 0.05) is 18.8 Å². The highest BCUT2D eigenvalue weighted by atomic mass is 16.5. The van der Waals surface area contributed by atoms with Crippen LogP contribution < -0.4 is 16.0 Å². The predicted molar refractivity (Wildman–Crippen MR) is 73.2 cm³/mol. The number of anilines is 1. The van der Waals surface area contributed by atoms with Crippen molar-refractivity contribution in [2.75, 3.05) is 25.1 Å². The summed E-state index contributed by atoms with van der Waals surface area (Å²) in [5.74, 6) is 0. The molecule has 2 aliphatic heterocycles. The second kappa shape index (κ2) is 5.59. The number of rotatable bonds is 2. The first-order valence-corrected chi connectivity index (χ1v) is 6.79. The Balaban J connectivity index is 1.67. The largest absolute Gasteiger partial charge is 0.379 e. The van der Waals surface area contributed by atoms with Crippen molar-refractivity contribution in [1.29, 1.82) is 0 Å². The van der Waals surface area contributed by atoms with Crippen LogP contribution in [0.1, 0.15) is 17.5 Å². The van der Waals surface area contributed by atoms with Gasteiger partial charge in [-0.3, -0.25) is 0 Å². The summed E-state index contributed by atoms with van der Waals surface area (Å²) in [7, 11) is 0. The van der Waals surface area contributed by atoms with E-state index in [2.05, 4.69) is 22.0 Å². The quantitative estimate of drug-likeness (QED) is 0.750. The molecule has 2 aliphatic rings. The van der Waals surface area contributed by atoms with E-state index in [0.717, 1.165) is 38.2 Å². The normalized spacial score (nSPS) is 21.8. The number of hydrogen-bond acceptors (Lipinski definition) is 3. The lowest BCUT2D eigenvalue weighted by Gasteiger charge is -2.21. The maximum absolute atomic E-state index is 12.0. The summed E-state index contributed by atoms with van der Waals surface area (Å²) < 4.78 is 5.25. The molecule has 0 radical (unpaired) electrons. The molecule has 1 saturated heterocycles. The fourth-order valence-corrected chi connectivity index (χ4v) is 2.64. The molecule has 2 amide bonds. The van der Waals surface area contributed by atoms with Gasteiger partial charge >= 0.3 is 6.03 Å². The van der Waals surface area contributed by atoms with Crippen LogP contribution in [0.3, 0.4) is 0 Å². The van der Waals surface area contributed by atoms with E-state index in [0.29, 0.717) is 6.61 Å². The molecule has 0 aliphatic carbocycles. The van der Waals surface area contributed by atoms with Gasteiger partial charge in [0.2, 0.25) is 0 Å². The lowest BCUT2D eigenvalue weighted by atomic mass is 9.99. The number of carbonyl (C=O) groups is 1. The molecule has 5 nitrogen and oxygen atoms in total. The lowest BCUT2D eigenvalue weighted by Crippen LogP contribution is -2.38. The van der Waals surface area contributed by atoms with Crippen molar-refractivity contribution < 1.29 is 9.53 Å². The van der Waals surface area contributed by atoms with Crippen LogP contribution in [-0.2, 0) is 17.7 Å². The molecule has 5 heteroatoms. The molecule has 2 heterocycles. The van der Waals surface area contributed by atoms with Gasteiger partial charge in [-0.1, -0.05) is 12.1 Å². The SMILES string of the molecule is O=C(Nc1cccc2c1CCNC2)NC1CCOC1. The summed E-state index contributed by atoms with van der Waals surface area (Å²) in [5, 5.41) is 9.24. The smallest absolute Gasteiger partial charge is 0.319 e. The first-order valence-electron chi connectivity index (χ1n) is 6.79. The lowest BCUT2D eigenvalue weighted by molar-refractivity contribution is 0.189. The molecule has 1 fully saturated rings. The van der Waals surface area contributed by atoms with E-state index in [1.54, 1.807) is 0 Å². The molecule has 102 valence electrons. The van der Waals surface area contributed by atoms with E-state index in [4.69, 9.17) is 4.74 Å². The Morgan fingerprint density at radius 3 is 3.21 bits per heavy atom. The fraction of sp³-hybridized carbons (Fsp3) is 0.500. The number of urea groups is 1. The minimum Gasteiger partial charge on any atom is -0.379 e. The topological polar surface area (TPSA) is 62.4 Å². The van der Waals surface area contributed by atoms with E-state index in [9.17, 15) is 4.79 Å². The fourth-order valence-electron chi connectivity index (χ4n) is 2.64. The molecular weight excluding hydrogens is 242 g/mol. The molecule has 19 heavy (non-hydrogen) atoms. The minimum atomic E-state index is -0.137. The maximum Gasteiger partial charge on any atom is 0.319 e. The minimum absolute atomic E-state index is 0.137. The van der Waals surface area contributed by atoms with Crippen molar-refractivity contribution in [3.63, 3.8) is 0 Å². The zero-order valence-corrected chi connectivity index (χ0v) is 10.9. The standard InChI is InChI=1S/C14H19N3O2/c18-14(16-11-5-7-19-9-11)17-13-3-1-2-10-8-15-6-4-12(10)13/h1-3,11,15H,4-9H2,(H2,16,17,18). The first kappa shape index (κ1) is 12.4. The number of nitrogens with one attached hydrogen (secondary N) is 3. The Morgan fingerprint density at radius 1 is 1.42 bits per heavy atom. The highest BCUT2D eigenvalue weighted by Crippen LogP contribution is 2.23. The van der Waals surface area contributed by atoms with Gasteiger partial charge < -0.3 is 20.7 Å². The van der Waals surface area contributed by atoms with Crippen LogP contribution in [0.25, 0.3) is 0 Å².